The monoisotopic (exact) mass is 365 g/mol. The first-order chi connectivity index (χ1) is 10.4. The number of alkyl halides is 3. The van der Waals surface area contributed by atoms with Gasteiger partial charge in [-0.1, -0.05) is 0 Å². The van der Waals surface area contributed by atoms with Gasteiger partial charge in [0.1, 0.15) is 23.9 Å². The molecule has 5 N–H and O–H groups in total. The third kappa shape index (κ3) is 3.85. The Balaban J connectivity index is 2.11. The van der Waals surface area contributed by atoms with Crippen molar-refractivity contribution in [1.82, 2.24) is 5.32 Å². The van der Waals surface area contributed by atoms with E-state index in [1.165, 1.54) is 5.32 Å². The first-order valence-electron chi connectivity index (χ1n) is 6.43. The summed E-state index contributed by atoms with van der Waals surface area (Å²) in [6.07, 6.45) is -11.4. The van der Waals surface area contributed by atoms with Gasteiger partial charge in [-0.2, -0.15) is 13.2 Å². The molecule has 0 spiro atoms. The minimum absolute atomic E-state index is 0.383. The average Bonchev–Trinajstić information content (AvgIpc) is 2.80. The normalized spacial score (nSPS) is 37.7. The van der Waals surface area contributed by atoms with Gasteiger partial charge in [0.15, 0.2) is 6.29 Å². The van der Waals surface area contributed by atoms with E-state index in [1.54, 1.807) is 0 Å². The van der Waals surface area contributed by atoms with Crippen molar-refractivity contribution < 1.29 is 52.0 Å². The van der Waals surface area contributed by atoms with Crippen LogP contribution in [0.3, 0.4) is 0 Å². The molecular formula is C10H15F3NO8P. The Hall–Kier alpha value is -0.750. The van der Waals surface area contributed by atoms with Gasteiger partial charge in [-0.15, -0.1) is 0 Å². The van der Waals surface area contributed by atoms with Crippen LogP contribution in [0.2, 0.25) is 0 Å². The largest absolute Gasteiger partial charge is 0.471 e. The summed E-state index contributed by atoms with van der Waals surface area (Å²) in [5.74, 6) is -2.34. The minimum atomic E-state index is -5.20. The maximum atomic E-state index is 12.3. The number of rotatable bonds is 4. The second kappa shape index (κ2) is 5.96. The summed E-state index contributed by atoms with van der Waals surface area (Å²) in [7, 11) is -4.42. The van der Waals surface area contributed by atoms with E-state index in [0.717, 1.165) is 0 Å². The van der Waals surface area contributed by atoms with Gasteiger partial charge in [-0.05, 0) is 6.42 Å². The van der Waals surface area contributed by atoms with Crippen LogP contribution in [0.4, 0.5) is 13.2 Å². The van der Waals surface area contributed by atoms with Crippen molar-refractivity contribution in [2.45, 2.75) is 42.7 Å². The van der Waals surface area contributed by atoms with Crippen LogP contribution in [0, 0.1) is 0 Å². The van der Waals surface area contributed by atoms with E-state index in [1.807, 2.05) is 0 Å². The van der Waals surface area contributed by atoms with E-state index in [4.69, 9.17) is 19.3 Å². The Morgan fingerprint density at radius 3 is 2.48 bits per heavy atom. The lowest BCUT2D eigenvalue weighted by Crippen LogP contribution is -2.66. The zero-order chi connectivity index (χ0) is 17.6. The molecule has 1 amide bonds. The van der Waals surface area contributed by atoms with Gasteiger partial charge in [0.25, 0.3) is 0 Å². The van der Waals surface area contributed by atoms with E-state index in [0.29, 0.717) is 0 Å². The van der Waals surface area contributed by atoms with Gasteiger partial charge in [0.2, 0.25) is 0 Å². The number of carbonyl (C=O) groups excluding carboxylic acids is 1. The maximum Gasteiger partial charge on any atom is 0.471 e. The number of aliphatic hydroxyl groups is 2. The van der Waals surface area contributed by atoms with Crippen molar-refractivity contribution in [1.29, 1.82) is 0 Å². The molecule has 9 nitrogen and oxygen atoms in total. The quantitative estimate of drug-likeness (QED) is 0.377. The highest BCUT2D eigenvalue weighted by molar-refractivity contribution is 7.51. The van der Waals surface area contributed by atoms with Crippen LogP contribution in [-0.4, -0.2) is 75.0 Å². The molecule has 134 valence electrons. The van der Waals surface area contributed by atoms with Crippen molar-refractivity contribution in [2.24, 2.45) is 0 Å². The van der Waals surface area contributed by atoms with Gasteiger partial charge in [0, 0.05) is 0 Å². The van der Waals surface area contributed by atoms with Gasteiger partial charge in [-0.25, -0.2) is 0 Å². The molecule has 2 fully saturated rings. The topological polar surface area (TPSA) is 146 Å². The number of halogens is 3. The number of hydrogen-bond donors (Lipinski definition) is 5. The van der Waals surface area contributed by atoms with Crippen LogP contribution in [0.1, 0.15) is 6.42 Å². The summed E-state index contributed by atoms with van der Waals surface area (Å²) >= 11 is 0. The van der Waals surface area contributed by atoms with Crippen LogP contribution in [0.15, 0.2) is 0 Å². The molecule has 0 saturated carbocycles. The SMILES string of the molecule is O=C(N[C@H]1[C@H]2OC[C@](CCP(=O)(O)O)(O2)[C@@H](O)[C@@H]1O)C(F)(F)F. The fourth-order valence-corrected chi connectivity index (χ4v) is 3.19. The lowest BCUT2D eigenvalue weighted by atomic mass is 9.86. The number of nitrogens with one attached hydrogen (secondary N) is 1. The molecular weight excluding hydrogens is 350 g/mol. The number of amides is 1. The Kier molecular flexibility index (Phi) is 4.81. The molecule has 0 aromatic rings. The summed E-state index contributed by atoms with van der Waals surface area (Å²) in [6, 6.07) is -1.68. The van der Waals surface area contributed by atoms with E-state index < -0.39 is 62.6 Å². The number of fused-ring (bicyclic) bond motifs is 2. The summed E-state index contributed by atoms with van der Waals surface area (Å²) in [6.45, 7) is -0.395. The molecule has 2 rings (SSSR count). The highest BCUT2D eigenvalue weighted by atomic mass is 31.2. The second-order valence-corrected chi connectivity index (χ2v) is 7.21. The fourth-order valence-electron chi connectivity index (χ4n) is 2.52. The molecule has 2 bridgehead atoms. The Morgan fingerprint density at radius 1 is 1.35 bits per heavy atom. The van der Waals surface area contributed by atoms with E-state index in [9.17, 15) is 32.7 Å². The predicted octanol–water partition coefficient (Wildman–Crippen LogP) is -1.55. The summed E-state index contributed by atoms with van der Waals surface area (Å²) in [5, 5.41) is 21.5. The van der Waals surface area contributed by atoms with Crippen LogP contribution in [-0.2, 0) is 18.8 Å². The second-order valence-electron chi connectivity index (χ2n) is 5.43. The lowest BCUT2D eigenvalue weighted by Gasteiger charge is -2.43. The van der Waals surface area contributed by atoms with Crippen molar-refractivity contribution >= 4 is 13.5 Å². The van der Waals surface area contributed by atoms with E-state index in [2.05, 4.69) is 0 Å². The van der Waals surface area contributed by atoms with E-state index >= 15 is 0 Å². The molecule has 2 saturated heterocycles. The third-order valence-corrected chi connectivity index (χ3v) is 4.55. The molecule has 0 aromatic heterocycles. The zero-order valence-corrected chi connectivity index (χ0v) is 12.3. The molecule has 2 aliphatic heterocycles. The molecule has 23 heavy (non-hydrogen) atoms. The molecule has 0 radical (unpaired) electrons. The van der Waals surface area contributed by atoms with Crippen molar-refractivity contribution in [3.63, 3.8) is 0 Å². The van der Waals surface area contributed by atoms with Crippen LogP contribution >= 0.6 is 7.60 Å². The van der Waals surface area contributed by atoms with Gasteiger partial charge in [-0.3, -0.25) is 9.36 Å². The average molecular weight is 365 g/mol. The Morgan fingerprint density at radius 2 is 1.96 bits per heavy atom. The van der Waals surface area contributed by atoms with Crippen molar-refractivity contribution in [3.8, 4) is 0 Å². The maximum absolute atomic E-state index is 12.3. The molecule has 5 atom stereocenters. The van der Waals surface area contributed by atoms with Gasteiger partial charge >= 0.3 is 19.7 Å². The molecule has 0 aromatic carbocycles. The van der Waals surface area contributed by atoms with Crippen LogP contribution in [0.25, 0.3) is 0 Å². The fraction of sp³-hybridized carbons (Fsp3) is 0.900. The zero-order valence-electron chi connectivity index (χ0n) is 11.4. The lowest BCUT2D eigenvalue weighted by molar-refractivity contribution is -0.229. The van der Waals surface area contributed by atoms with E-state index in [-0.39, 0.29) is 6.42 Å². The number of aliphatic hydroxyl groups excluding tert-OH is 2. The number of carbonyl (C=O) groups is 1. The first kappa shape index (κ1) is 18.6. The van der Waals surface area contributed by atoms with Crippen molar-refractivity contribution in [3.05, 3.63) is 0 Å². The smallest absolute Gasteiger partial charge is 0.388 e. The number of hydrogen-bond acceptors (Lipinski definition) is 6. The molecule has 0 aliphatic carbocycles. The Labute approximate surface area is 127 Å². The summed E-state index contributed by atoms with van der Waals surface area (Å²) in [5.41, 5.74) is -1.66. The molecule has 2 heterocycles. The summed E-state index contributed by atoms with van der Waals surface area (Å²) < 4.78 is 58.0. The predicted molar refractivity (Wildman–Crippen MR) is 65.1 cm³/mol. The highest BCUT2D eigenvalue weighted by Crippen LogP contribution is 2.44. The molecule has 0 unspecified atom stereocenters. The molecule has 13 heteroatoms. The molecule has 2 aliphatic rings. The van der Waals surface area contributed by atoms with Crippen LogP contribution < -0.4 is 5.32 Å². The van der Waals surface area contributed by atoms with Crippen LogP contribution in [0.5, 0.6) is 0 Å². The third-order valence-electron chi connectivity index (χ3n) is 3.75. The first-order valence-corrected chi connectivity index (χ1v) is 8.23. The number of ether oxygens (including phenoxy) is 2. The van der Waals surface area contributed by atoms with Crippen molar-refractivity contribution in [2.75, 3.05) is 12.8 Å². The minimum Gasteiger partial charge on any atom is -0.388 e. The standard InChI is InChI=1S/C10H15F3NO8P/c11-10(12,13)8(17)14-4-5(15)6(16)9(1-2-23(18,19)20)3-21-7(4)22-9/h4-7,15-16H,1-3H2,(H,14,17)(H2,18,19,20)/t4-,5-,6+,7+,9+/m1/s1. The summed E-state index contributed by atoms with van der Waals surface area (Å²) in [4.78, 5) is 28.7. The Bertz CT molecular complexity index is 525. The van der Waals surface area contributed by atoms with Gasteiger partial charge in [0.05, 0.1) is 12.8 Å². The van der Waals surface area contributed by atoms with Gasteiger partial charge < -0.3 is 34.8 Å². The highest BCUT2D eigenvalue weighted by Gasteiger charge is 2.60.